The molecule has 2 amide bonds. The summed E-state index contributed by atoms with van der Waals surface area (Å²) in [5, 5.41) is 11.9. The molecule has 2 rings (SSSR count). The smallest absolute Gasteiger partial charge is 0.358 e. The van der Waals surface area contributed by atoms with Gasteiger partial charge in [-0.25, -0.2) is 4.79 Å². The van der Waals surface area contributed by atoms with Gasteiger partial charge in [0.15, 0.2) is 11.5 Å². The van der Waals surface area contributed by atoms with Crippen LogP contribution < -0.4 is 0 Å². The molecule has 1 N–H and O–H groups in total. The summed E-state index contributed by atoms with van der Waals surface area (Å²) in [4.78, 5) is 34.7. The highest BCUT2D eigenvalue weighted by atomic mass is 16.5. The highest BCUT2D eigenvalue weighted by molar-refractivity contribution is 6.03. The van der Waals surface area contributed by atoms with Crippen molar-refractivity contribution in [3.05, 3.63) is 17.5 Å². The highest BCUT2D eigenvalue weighted by Gasteiger charge is 2.36. The summed E-state index contributed by atoms with van der Waals surface area (Å²) in [6.45, 7) is 1.60. The largest absolute Gasteiger partial charge is 0.476 e. The van der Waals surface area contributed by atoms with Gasteiger partial charge in [0.1, 0.15) is 0 Å². The second-order valence-corrected chi connectivity index (χ2v) is 3.91. The van der Waals surface area contributed by atoms with Gasteiger partial charge in [-0.05, 0) is 0 Å². The van der Waals surface area contributed by atoms with Gasteiger partial charge in [-0.2, -0.15) is 0 Å². The first-order valence-corrected chi connectivity index (χ1v) is 5.02. The Labute approximate surface area is 96.0 Å². The lowest BCUT2D eigenvalue weighted by Crippen LogP contribution is -2.29. The van der Waals surface area contributed by atoms with E-state index in [-0.39, 0.29) is 42.2 Å². The van der Waals surface area contributed by atoms with E-state index in [9.17, 15) is 14.4 Å². The van der Waals surface area contributed by atoms with Crippen LogP contribution in [0.2, 0.25) is 0 Å². The number of carboxylic acid groups (broad SMARTS) is 1. The van der Waals surface area contributed by atoms with E-state index < -0.39 is 5.97 Å². The fourth-order valence-electron chi connectivity index (χ4n) is 1.66. The maximum absolute atomic E-state index is 11.6. The lowest BCUT2D eigenvalue weighted by atomic mass is 10.1. The zero-order chi connectivity index (χ0) is 12.6. The molecule has 1 unspecified atom stereocenters. The normalized spacial score (nSPS) is 20.1. The van der Waals surface area contributed by atoms with Crippen LogP contribution >= 0.6 is 0 Å². The fraction of sp³-hybridized carbons (Fsp3) is 0.400. The first-order chi connectivity index (χ1) is 7.99. The third-order valence-electron chi connectivity index (χ3n) is 2.56. The molecule has 0 radical (unpaired) electrons. The average molecular weight is 238 g/mol. The molecule has 0 saturated carbocycles. The van der Waals surface area contributed by atoms with Crippen LogP contribution in [0.3, 0.4) is 0 Å². The average Bonchev–Trinajstić information content (AvgIpc) is 2.80. The van der Waals surface area contributed by atoms with Gasteiger partial charge < -0.3 is 9.63 Å². The van der Waals surface area contributed by atoms with Gasteiger partial charge in [0, 0.05) is 18.4 Å². The van der Waals surface area contributed by atoms with Gasteiger partial charge in [0.05, 0.1) is 6.54 Å². The quantitative estimate of drug-likeness (QED) is 0.758. The molecule has 2 heterocycles. The van der Waals surface area contributed by atoms with Crippen LogP contribution in [-0.2, 0) is 16.1 Å². The number of hydrogen-bond donors (Lipinski definition) is 1. The molecule has 1 fully saturated rings. The number of aromatic nitrogens is 1. The number of amides is 2. The van der Waals surface area contributed by atoms with Crippen molar-refractivity contribution in [2.45, 2.75) is 19.9 Å². The third kappa shape index (κ3) is 2.03. The van der Waals surface area contributed by atoms with Gasteiger partial charge in [0.25, 0.3) is 0 Å². The topological polar surface area (TPSA) is 101 Å². The molecule has 0 bridgehead atoms. The van der Waals surface area contributed by atoms with Crippen LogP contribution in [0, 0.1) is 5.92 Å². The van der Waals surface area contributed by atoms with Crippen molar-refractivity contribution in [2.75, 3.05) is 0 Å². The van der Waals surface area contributed by atoms with Gasteiger partial charge >= 0.3 is 5.97 Å². The van der Waals surface area contributed by atoms with E-state index in [0.717, 1.165) is 4.90 Å². The Morgan fingerprint density at radius 3 is 2.82 bits per heavy atom. The van der Waals surface area contributed by atoms with Crippen molar-refractivity contribution in [2.24, 2.45) is 5.92 Å². The van der Waals surface area contributed by atoms with E-state index in [2.05, 4.69) is 5.16 Å². The number of likely N-dealkylation sites (tertiary alicyclic amines) is 1. The van der Waals surface area contributed by atoms with Gasteiger partial charge in [0.2, 0.25) is 11.8 Å². The molecule has 7 heteroatoms. The first kappa shape index (κ1) is 11.3. The molecule has 90 valence electrons. The molecule has 7 nitrogen and oxygen atoms in total. The molecule has 0 aromatic carbocycles. The predicted octanol–water partition coefficient (Wildman–Crippen LogP) is 0.268. The van der Waals surface area contributed by atoms with Crippen LogP contribution in [0.5, 0.6) is 0 Å². The lowest BCUT2D eigenvalue weighted by molar-refractivity contribution is -0.140. The van der Waals surface area contributed by atoms with Gasteiger partial charge in [-0.1, -0.05) is 12.1 Å². The molecule has 1 atom stereocenters. The minimum absolute atomic E-state index is 0.0672. The van der Waals surface area contributed by atoms with E-state index in [1.54, 1.807) is 6.92 Å². The summed E-state index contributed by atoms with van der Waals surface area (Å²) in [5.74, 6) is -1.92. The number of carbonyl (C=O) groups excluding carboxylic acids is 2. The number of imide groups is 1. The summed E-state index contributed by atoms with van der Waals surface area (Å²) in [6.07, 6.45) is 0.179. The van der Waals surface area contributed by atoms with Gasteiger partial charge in [-0.15, -0.1) is 0 Å². The number of carbonyl (C=O) groups is 3. The van der Waals surface area contributed by atoms with Crippen molar-refractivity contribution < 1.29 is 24.0 Å². The summed E-state index contributed by atoms with van der Waals surface area (Å²) in [5.41, 5.74) is -0.243. The number of aromatic carboxylic acids is 1. The summed E-state index contributed by atoms with van der Waals surface area (Å²) in [6, 6.07) is 1.20. The second-order valence-electron chi connectivity index (χ2n) is 3.91. The van der Waals surface area contributed by atoms with Crippen molar-refractivity contribution in [1.82, 2.24) is 10.1 Å². The van der Waals surface area contributed by atoms with Crippen LogP contribution in [-0.4, -0.2) is 32.9 Å². The van der Waals surface area contributed by atoms with E-state index in [1.807, 2.05) is 0 Å². The maximum atomic E-state index is 11.6. The molecule has 1 aliphatic rings. The Morgan fingerprint density at radius 2 is 2.35 bits per heavy atom. The number of nitrogens with zero attached hydrogens (tertiary/aromatic N) is 2. The first-order valence-electron chi connectivity index (χ1n) is 5.02. The Kier molecular flexibility index (Phi) is 2.66. The second kappa shape index (κ2) is 4.00. The Hall–Kier alpha value is -2.18. The van der Waals surface area contributed by atoms with Crippen molar-refractivity contribution in [3.63, 3.8) is 0 Å². The SMILES string of the molecule is CC1CC(=O)N(Cc2cc(C(=O)O)no2)C1=O. The minimum Gasteiger partial charge on any atom is -0.476 e. The fourth-order valence-corrected chi connectivity index (χ4v) is 1.66. The summed E-state index contributed by atoms with van der Waals surface area (Å²) < 4.78 is 4.74. The van der Waals surface area contributed by atoms with Crippen LogP contribution in [0.15, 0.2) is 10.6 Å². The third-order valence-corrected chi connectivity index (χ3v) is 2.56. The van der Waals surface area contributed by atoms with Crippen molar-refractivity contribution in [3.8, 4) is 0 Å². The Bertz CT molecular complexity index is 493. The molecule has 17 heavy (non-hydrogen) atoms. The van der Waals surface area contributed by atoms with Crippen LogP contribution in [0.4, 0.5) is 0 Å². The van der Waals surface area contributed by atoms with Gasteiger partial charge in [-0.3, -0.25) is 14.5 Å². The number of rotatable bonds is 3. The van der Waals surface area contributed by atoms with E-state index in [1.165, 1.54) is 6.07 Å². The molecule has 1 saturated heterocycles. The Balaban J connectivity index is 2.13. The zero-order valence-electron chi connectivity index (χ0n) is 9.04. The number of carboxylic acids is 1. The molecule has 1 aliphatic heterocycles. The number of hydrogen-bond acceptors (Lipinski definition) is 5. The van der Waals surface area contributed by atoms with Crippen LogP contribution in [0.25, 0.3) is 0 Å². The van der Waals surface area contributed by atoms with E-state index in [4.69, 9.17) is 9.63 Å². The van der Waals surface area contributed by atoms with Crippen molar-refractivity contribution in [1.29, 1.82) is 0 Å². The molecular weight excluding hydrogens is 228 g/mol. The molecule has 0 spiro atoms. The van der Waals surface area contributed by atoms with Crippen LogP contribution in [0.1, 0.15) is 29.6 Å². The lowest BCUT2D eigenvalue weighted by Gasteiger charge is -2.11. The highest BCUT2D eigenvalue weighted by Crippen LogP contribution is 2.21. The minimum atomic E-state index is -1.22. The van der Waals surface area contributed by atoms with Crippen molar-refractivity contribution >= 4 is 17.8 Å². The predicted molar refractivity (Wildman–Crippen MR) is 52.8 cm³/mol. The monoisotopic (exact) mass is 238 g/mol. The Morgan fingerprint density at radius 1 is 1.65 bits per heavy atom. The molecule has 0 aliphatic carbocycles. The maximum Gasteiger partial charge on any atom is 0.358 e. The zero-order valence-corrected chi connectivity index (χ0v) is 9.04. The van der Waals surface area contributed by atoms with E-state index in [0.29, 0.717) is 0 Å². The van der Waals surface area contributed by atoms with E-state index >= 15 is 0 Å². The standard InChI is InChI=1S/C10H10N2O5/c1-5-2-8(13)12(9(5)14)4-6-3-7(10(15)16)11-17-6/h3,5H,2,4H2,1H3,(H,15,16). The summed E-state index contributed by atoms with van der Waals surface area (Å²) in [7, 11) is 0. The molecule has 1 aromatic heterocycles. The molecular formula is C10H10N2O5. The molecule has 1 aromatic rings. The summed E-state index contributed by atoms with van der Waals surface area (Å²) >= 11 is 0.